The third-order valence-corrected chi connectivity index (χ3v) is 15.5. The molecule has 1 amide bonds. The molecule has 18 nitrogen and oxygen atoms in total. The molecule has 5 N–H and O–H groups in total. The number of methoxy groups -OCH3 is 3. The summed E-state index contributed by atoms with van der Waals surface area (Å²) in [5, 5.41) is 26.3. The van der Waals surface area contributed by atoms with Crippen molar-refractivity contribution in [3.8, 4) is 5.75 Å². The molecule has 1 saturated carbocycles. The summed E-state index contributed by atoms with van der Waals surface area (Å²) >= 11 is 0. The van der Waals surface area contributed by atoms with Crippen LogP contribution in [-0.2, 0) is 61.0 Å². The Labute approximate surface area is 384 Å². The fraction of sp³-hybridized carbons (Fsp3) is 0.574. The molecule has 2 aromatic carbocycles. The number of nitrogens with one attached hydrogen (secondary N) is 1. The van der Waals surface area contributed by atoms with E-state index in [1.165, 1.54) is 33.2 Å². The van der Waals surface area contributed by atoms with Crippen molar-refractivity contribution in [3.05, 3.63) is 70.9 Å². The van der Waals surface area contributed by atoms with Gasteiger partial charge in [-0.15, -0.1) is 0 Å². The molecular weight excluding hydrogens is 877 g/mol. The number of H-pyrrole nitrogens is 1. The standard InChI is InChI=1S/C46H56N4O10.CH4.H2O4S/c1-7-42(55)22-28-23-45(40(53)58-5,36-30(14-18-48(24-28)25-42)29-12-9-10-13-33(29)47-36)32-20-31-34(21-35(32)57-4)50(26-51)38-44(31)16-19-49-17-11-15-43(8-2,37(44)49)39(60-27(3)52)46(38,56)41(54)59-6;;1-5(2,3)4/h9-13,15,20-21,26,28,37-39,47,55-56H,7-8,14,16-19,22-25H2,1-6H3;1H4;(H2,1,2,3,4)/t28-,37-,38+,39+,42-,43+,44+,45-,46-;;/m0../s1. The predicted molar refractivity (Wildman–Crippen MR) is 241 cm³/mol. The van der Waals surface area contributed by atoms with Crippen LogP contribution in [0.25, 0.3) is 10.9 Å². The number of hydrogen-bond acceptors (Lipinski definition) is 14. The van der Waals surface area contributed by atoms with E-state index in [2.05, 4.69) is 20.9 Å². The molecule has 19 heteroatoms. The number of carbonyl (C=O) groups is 4. The van der Waals surface area contributed by atoms with Gasteiger partial charge >= 0.3 is 28.3 Å². The zero-order chi connectivity index (χ0) is 47.1. The van der Waals surface area contributed by atoms with Gasteiger partial charge in [0.05, 0.1) is 38.7 Å². The number of para-hydroxylation sites is 1. The number of anilines is 1. The highest BCUT2D eigenvalue weighted by Gasteiger charge is 2.81. The lowest BCUT2D eigenvalue weighted by Gasteiger charge is -2.63. The van der Waals surface area contributed by atoms with Crippen LogP contribution in [-0.4, -0.2) is 150 Å². The Morgan fingerprint density at radius 3 is 2.27 bits per heavy atom. The van der Waals surface area contributed by atoms with Crippen molar-refractivity contribution in [3.63, 3.8) is 0 Å². The lowest BCUT2D eigenvalue weighted by molar-refractivity contribution is -0.228. The topological polar surface area (TPSA) is 246 Å². The minimum Gasteiger partial charge on any atom is -0.496 e. The highest BCUT2D eigenvalue weighted by atomic mass is 32.3. The van der Waals surface area contributed by atoms with E-state index in [0.29, 0.717) is 99.5 Å². The molecule has 0 radical (unpaired) electrons. The van der Waals surface area contributed by atoms with Gasteiger partial charge in [0, 0.05) is 78.2 Å². The number of ether oxygens (including phenoxy) is 4. The van der Waals surface area contributed by atoms with Gasteiger partial charge in [0.2, 0.25) is 12.0 Å². The van der Waals surface area contributed by atoms with Crippen molar-refractivity contribution in [2.45, 2.75) is 107 Å². The van der Waals surface area contributed by atoms with Crippen molar-refractivity contribution in [2.24, 2.45) is 11.3 Å². The van der Waals surface area contributed by atoms with Crippen LogP contribution in [0.3, 0.4) is 0 Å². The zero-order valence-corrected chi connectivity index (χ0v) is 38.2. The summed E-state index contributed by atoms with van der Waals surface area (Å²) in [6, 6.07) is 9.97. The third kappa shape index (κ3) is 7.15. The Hall–Kier alpha value is -4.89. The van der Waals surface area contributed by atoms with Gasteiger partial charge in [0.25, 0.3) is 0 Å². The molecule has 10 atom stereocenters. The molecular formula is C47H62N4O14S. The van der Waals surface area contributed by atoms with E-state index in [4.69, 9.17) is 36.5 Å². The summed E-state index contributed by atoms with van der Waals surface area (Å²) < 4.78 is 55.3. The third-order valence-electron chi connectivity index (χ3n) is 15.5. The van der Waals surface area contributed by atoms with E-state index >= 15 is 4.79 Å². The quantitative estimate of drug-likeness (QED) is 0.0713. The second-order valence-electron chi connectivity index (χ2n) is 18.6. The van der Waals surface area contributed by atoms with Gasteiger partial charge in [-0.1, -0.05) is 51.6 Å². The van der Waals surface area contributed by atoms with Crippen molar-refractivity contribution in [2.75, 3.05) is 59.0 Å². The minimum absolute atomic E-state index is 0. The van der Waals surface area contributed by atoms with Gasteiger partial charge in [-0.05, 0) is 74.2 Å². The number of amides is 1. The maximum Gasteiger partial charge on any atom is 0.394 e. The fourth-order valence-corrected chi connectivity index (χ4v) is 13.4. The van der Waals surface area contributed by atoms with E-state index in [0.717, 1.165) is 16.5 Å². The number of nitrogens with zero attached hydrogens (tertiary/aromatic N) is 3. The van der Waals surface area contributed by atoms with Crippen LogP contribution in [0.1, 0.15) is 82.7 Å². The number of fused-ring (bicyclic) bond motifs is 6. The van der Waals surface area contributed by atoms with Crippen LogP contribution in [0.4, 0.5) is 5.69 Å². The first-order chi connectivity index (χ1) is 30.8. The summed E-state index contributed by atoms with van der Waals surface area (Å²) in [4.78, 5) is 66.1. The monoisotopic (exact) mass is 938 g/mol. The average Bonchev–Trinajstić information content (AvgIpc) is 3.95. The summed E-state index contributed by atoms with van der Waals surface area (Å²) in [6.45, 7) is 8.16. The van der Waals surface area contributed by atoms with Crippen LogP contribution in [0.2, 0.25) is 0 Å². The van der Waals surface area contributed by atoms with Gasteiger partial charge in [-0.2, -0.15) is 8.42 Å². The molecule has 2 saturated heterocycles. The maximum absolute atomic E-state index is 15.3. The van der Waals surface area contributed by atoms with E-state index in [-0.39, 0.29) is 19.8 Å². The number of esters is 3. The average molecular weight is 939 g/mol. The van der Waals surface area contributed by atoms with Gasteiger partial charge in [-0.25, -0.2) is 4.79 Å². The molecule has 3 aromatic rings. The minimum atomic E-state index is -4.67. The first-order valence-corrected chi connectivity index (χ1v) is 23.4. The van der Waals surface area contributed by atoms with E-state index in [1.54, 1.807) is 6.07 Å². The lowest BCUT2D eigenvalue weighted by atomic mass is 9.47. The summed E-state index contributed by atoms with van der Waals surface area (Å²) in [7, 11) is -0.577. The summed E-state index contributed by atoms with van der Waals surface area (Å²) in [5.74, 6) is -2.06. The Balaban J connectivity index is 0.00000103. The van der Waals surface area contributed by atoms with Gasteiger partial charge in [-0.3, -0.25) is 33.3 Å². The second-order valence-corrected chi connectivity index (χ2v) is 19.4. The predicted octanol–water partition coefficient (Wildman–Crippen LogP) is 3.50. The Bertz CT molecular complexity index is 2560. The molecule has 3 fully saturated rings. The van der Waals surface area contributed by atoms with E-state index in [9.17, 15) is 24.6 Å². The maximum atomic E-state index is 15.3. The van der Waals surface area contributed by atoms with Gasteiger partial charge in [0.15, 0.2) is 6.10 Å². The van der Waals surface area contributed by atoms with E-state index in [1.807, 2.05) is 50.3 Å². The van der Waals surface area contributed by atoms with Gasteiger partial charge < -0.3 is 39.0 Å². The van der Waals surface area contributed by atoms with Crippen LogP contribution >= 0.6 is 0 Å². The Morgan fingerprint density at radius 1 is 0.955 bits per heavy atom. The number of carbonyl (C=O) groups excluding carboxylic acids is 4. The molecule has 2 bridgehead atoms. The number of hydrogen-bond donors (Lipinski definition) is 5. The first kappa shape index (κ1) is 49.0. The smallest absolute Gasteiger partial charge is 0.394 e. The van der Waals surface area contributed by atoms with Crippen molar-refractivity contribution in [1.29, 1.82) is 0 Å². The molecule has 1 spiro atoms. The second kappa shape index (κ2) is 17.3. The fourth-order valence-electron chi connectivity index (χ4n) is 13.4. The number of aromatic amines is 1. The molecule has 66 heavy (non-hydrogen) atoms. The molecule has 1 unspecified atom stereocenters. The number of aromatic nitrogens is 1. The number of benzene rings is 2. The zero-order valence-electron chi connectivity index (χ0n) is 37.4. The van der Waals surface area contributed by atoms with Crippen LogP contribution in [0, 0.1) is 11.3 Å². The van der Waals surface area contributed by atoms with E-state index < -0.39 is 73.9 Å². The number of aliphatic hydroxyl groups is 2. The molecule has 5 aliphatic heterocycles. The van der Waals surface area contributed by atoms with Crippen molar-refractivity contribution < 1.29 is 65.9 Å². The van der Waals surface area contributed by atoms with Crippen LogP contribution in [0.5, 0.6) is 5.75 Å². The van der Waals surface area contributed by atoms with Crippen molar-refractivity contribution in [1.82, 2.24) is 14.8 Å². The molecule has 360 valence electrons. The Morgan fingerprint density at radius 2 is 1.65 bits per heavy atom. The molecule has 9 rings (SSSR count). The van der Waals surface area contributed by atoms with Crippen LogP contribution in [0.15, 0.2) is 48.6 Å². The normalized spacial score (nSPS) is 34.0. The van der Waals surface area contributed by atoms with Crippen LogP contribution < -0.4 is 9.64 Å². The highest BCUT2D eigenvalue weighted by Crippen LogP contribution is 2.68. The largest absolute Gasteiger partial charge is 0.496 e. The number of piperidine rings is 1. The molecule has 1 aromatic heterocycles. The lowest BCUT2D eigenvalue weighted by Crippen LogP contribution is -2.81. The highest BCUT2D eigenvalue weighted by molar-refractivity contribution is 7.79. The molecule has 6 aliphatic rings. The van der Waals surface area contributed by atoms with Crippen molar-refractivity contribution >= 4 is 51.3 Å². The molecule has 6 heterocycles. The summed E-state index contributed by atoms with van der Waals surface area (Å²) in [6.07, 6.45) is 5.83. The number of rotatable bonds is 8. The van der Waals surface area contributed by atoms with Gasteiger partial charge in [0.1, 0.15) is 11.2 Å². The Kier molecular flexibility index (Phi) is 12.9. The first-order valence-electron chi connectivity index (χ1n) is 22.0. The summed E-state index contributed by atoms with van der Waals surface area (Å²) in [5.41, 5.74) is -3.15. The molecule has 1 aliphatic carbocycles. The SMILES string of the molecule is C.CC[C@]1(O)C[C@@H]2CN(CCc3c([nH]c4ccccc34)[C@@](C(=O)OC)(c3cc4c(cc3OC)N(C=O)[C@H]3[C@@](O)(C(=O)OC)[C@H](OC(C)=O)[C@]5(CC)C=CCN6CC[C@]43[C@@H]65)C2)C1.O=S(=O)(O)O.